The largest absolute Gasteiger partial charge is 0.381 e. The van der Waals surface area contributed by atoms with Gasteiger partial charge in [-0.15, -0.1) is 0 Å². The summed E-state index contributed by atoms with van der Waals surface area (Å²) < 4.78 is 5.53. The Hall–Kier alpha value is -0.120. The Labute approximate surface area is 98.5 Å². The third kappa shape index (κ3) is 2.41. The van der Waals surface area contributed by atoms with E-state index in [1.54, 1.807) is 0 Å². The van der Waals surface area contributed by atoms with Gasteiger partial charge in [0.15, 0.2) is 0 Å². The molecule has 0 radical (unpaired) electrons. The molecule has 4 heterocycles. The van der Waals surface area contributed by atoms with Gasteiger partial charge < -0.3 is 15.0 Å². The van der Waals surface area contributed by atoms with Gasteiger partial charge in [-0.3, -0.25) is 0 Å². The first-order chi connectivity index (χ1) is 7.92. The zero-order valence-electron chi connectivity index (χ0n) is 10.2. The van der Waals surface area contributed by atoms with Crippen LogP contribution in [0.15, 0.2) is 0 Å². The highest BCUT2D eigenvalue weighted by Crippen LogP contribution is 2.27. The molecule has 92 valence electrons. The molecule has 4 fully saturated rings. The molecular weight excluding hydrogens is 200 g/mol. The maximum absolute atomic E-state index is 5.53. The van der Waals surface area contributed by atoms with Crippen molar-refractivity contribution in [2.75, 3.05) is 39.4 Å². The van der Waals surface area contributed by atoms with Gasteiger partial charge in [0, 0.05) is 25.7 Å². The number of hydrogen-bond acceptors (Lipinski definition) is 3. The fourth-order valence-corrected chi connectivity index (χ4v) is 3.48. The molecule has 2 unspecified atom stereocenters. The van der Waals surface area contributed by atoms with Crippen LogP contribution in [0.25, 0.3) is 0 Å². The quantitative estimate of drug-likeness (QED) is 0.777. The summed E-state index contributed by atoms with van der Waals surface area (Å²) in [4.78, 5) is 2.62. The standard InChI is InChI=1S/C13H24N2O/c1-2-11(10-16-7-1)8-14-13-9-15-5-3-12(13)4-6-15/h11-14H,1-10H2. The second-order valence-electron chi connectivity index (χ2n) is 5.74. The van der Waals surface area contributed by atoms with E-state index in [0.29, 0.717) is 0 Å². The average Bonchev–Trinajstić information content (AvgIpc) is 2.39. The minimum absolute atomic E-state index is 0.768. The molecule has 0 aromatic carbocycles. The molecule has 3 nitrogen and oxygen atoms in total. The number of rotatable bonds is 3. The van der Waals surface area contributed by atoms with E-state index in [2.05, 4.69) is 10.2 Å². The van der Waals surface area contributed by atoms with Crippen LogP contribution in [0.1, 0.15) is 25.7 Å². The Morgan fingerprint density at radius 3 is 2.69 bits per heavy atom. The third-order valence-electron chi connectivity index (χ3n) is 4.58. The maximum atomic E-state index is 5.53. The van der Waals surface area contributed by atoms with Crippen LogP contribution in [0.2, 0.25) is 0 Å². The highest BCUT2D eigenvalue weighted by atomic mass is 16.5. The number of nitrogens with one attached hydrogen (secondary N) is 1. The van der Waals surface area contributed by atoms with Crippen molar-refractivity contribution in [1.82, 2.24) is 10.2 Å². The fourth-order valence-electron chi connectivity index (χ4n) is 3.48. The minimum Gasteiger partial charge on any atom is -0.381 e. The summed E-state index contributed by atoms with van der Waals surface area (Å²) in [5.74, 6) is 1.72. The van der Waals surface area contributed by atoms with Crippen LogP contribution < -0.4 is 5.32 Å². The Morgan fingerprint density at radius 1 is 1.19 bits per heavy atom. The van der Waals surface area contributed by atoms with E-state index in [4.69, 9.17) is 4.74 Å². The van der Waals surface area contributed by atoms with Crippen LogP contribution >= 0.6 is 0 Å². The molecule has 0 amide bonds. The molecule has 16 heavy (non-hydrogen) atoms. The SMILES string of the molecule is C1COCC(CNC2CN3CCC2CC3)C1. The summed E-state index contributed by atoms with van der Waals surface area (Å²) in [7, 11) is 0. The predicted molar refractivity (Wildman–Crippen MR) is 64.5 cm³/mol. The molecule has 4 aliphatic rings. The molecule has 2 bridgehead atoms. The van der Waals surface area contributed by atoms with Crippen LogP contribution in [0.3, 0.4) is 0 Å². The highest BCUT2D eigenvalue weighted by molar-refractivity contribution is 4.91. The van der Waals surface area contributed by atoms with Crippen molar-refractivity contribution >= 4 is 0 Å². The number of fused-ring (bicyclic) bond motifs is 3. The van der Waals surface area contributed by atoms with Crippen molar-refractivity contribution in [1.29, 1.82) is 0 Å². The molecule has 4 saturated heterocycles. The zero-order chi connectivity index (χ0) is 10.8. The monoisotopic (exact) mass is 224 g/mol. The molecule has 0 aliphatic carbocycles. The van der Waals surface area contributed by atoms with Gasteiger partial charge in [0.05, 0.1) is 6.61 Å². The number of nitrogens with zero attached hydrogens (tertiary/aromatic N) is 1. The van der Waals surface area contributed by atoms with Gasteiger partial charge >= 0.3 is 0 Å². The smallest absolute Gasteiger partial charge is 0.0506 e. The van der Waals surface area contributed by atoms with Crippen LogP contribution in [-0.4, -0.2) is 50.3 Å². The predicted octanol–water partition coefficient (Wildman–Crippen LogP) is 1.10. The average molecular weight is 224 g/mol. The van der Waals surface area contributed by atoms with Crippen molar-refractivity contribution in [3.8, 4) is 0 Å². The van der Waals surface area contributed by atoms with Crippen molar-refractivity contribution in [2.24, 2.45) is 11.8 Å². The van der Waals surface area contributed by atoms with Gasteiger partial charge in [-0.05, 0) is 50.6 Å². The molecule has 0 aromatic rings. The lowest BCUT2D eigenvalue weighted by Crippen LogP contribution is -2.56. The summed E-state index contributed by atoms with van der Waals surface area (Å²) in [6.45, 7) is 7.11. The molecule has 0 spiro atoms. The van der Waals surface area contributed by atoms with Crippen LogP contribution in [-0.2, 0) is 4.74 Å². The normalized spacial score (nSPS) is 43.5. The first kappa shape index (κ1) is 11.0. The van der Waals surface area contributed by atoms with Crippen molar-refractivity contribution in [2.45, 2.75) is 31.7 Å². The van der Waals surface area contributed by atoms with Crippen LogP contribution in [0, 0.1) is 11.8 Å². The summed E-state index contributed by atoms with van der Waals surface area (Å²) in [6, 6.07) is 0.768. The first-order valence-electron chi connectivity index (χ1n) is 6.95. The van der Waals surface area contributed by atoms with E-state index in [1.807, 2.05) is 0 Å². The van der Waals surface area contributed by atoms with E-state index in [0.717, 1.165) is 31.1 Å². The van der Waals surface area contributed by atoms with E-state index in [9.17, 15) is 0 Å². The number of piperidine rings is 3. The van der Waals surface area contributed by atoms with E-state index >= 15 is 0 Å². The lowest BCUT2D eigenvalue weighted by Gasteiger charge is -2.45. The zero-order valence-corrected chi connectivity index (χ0v) is 10.2. The van der Waals surface area contributed by atoms with Gasteiger partial charge in [-0.1, -0.05) is 0 Å². The fraction of sp³-hybridized carbons (Fsp3) is 1.00. The Morgan fingerprint density at radius 2 is 2.06 bits per heavy atom. The van der Waals surface area contributed by atoms with Crippen molar-refractivity contribution < 1.29 is 4.74 Å². The topological polar surface area (TPSA) is 24.5 Å². The Kier molecular flexibility index (Phi) is 3.46. The number of ether oxygens (including phenoxy) is 1. The van der Waals surface area contributed by atoms with Gasteiger partial charge in [0.1, 0.15) is 0 Å². The molecule has 1 N–H and O–H groups in total. The lowest BCUT2D eigenvalue weighted by atomic mass is 9.84. The van der Waals surface area contributed by atoms with E-state index in [1.165, 1.54) is 51.9 Å². The third-order valence-corrected chi connectivity index (χ3v) is 4.58. The minimum atomic E-state index is 0.768. The summed E-state index contributed by atoms with van der Waals surface area (Å²) in [5, 5.41) is 3.80. The van der Waals surface area contributed by atoms with Crippen molar-refractivity contribution in [3.05, 3.63) is 0 Å². The second kappa shape index (κ2) is 5.03. The Bertz CT molecular complexity index is 220. The first-order valence-corrected chi connectivity index (χ1v) is 6.95. The van der Waals surface area contributed by atoms with Gasteiger partial charge in [-0.2, -0.15) is 0 Å². The van der Waals surface area contributed by atoms with Gasteiger partial charge in [0.25, 0.3) is 0 Å². The molecule has 3 heteroatoms. The van der Waals surface area contributed by atoms with Crippen LogP contribution in [0.5, 0.6) is 0 Å². The van der Waals surface area contributed by atoms with Crippen LogP contribution in [0.4, 0.5) is 0 Å². The molecular formula is C13H24N2O. The van der Waals surface area contributed by atoms with E-state index < -0.39 is 0 Å². The highest BCUT2D eigenvalue weighted by Gasteiger charge is 2.33. The molecule has 0 saturated carbocycles. The number of hydrogen-bond donors (Lipinski definition) is 1. The van der Waals surface area contributed by atoms with E-state index in [-0.39, 0.29) is 0 Å². The van der Waals surface area contributed by atoms with Gasteiger partial charge in [-0.25, -0.2) is 0 Å². The molecule has 2 atom stereocenters. The summed E-state index contributed by atoms with van der Waals surface area (Å²) >= 11 is 0. The molecule has 4 rings (SSSR count). The maximum Gasteiger partial charge on any atom is 0.0506 e. The summed E-state index contributed by atoms with van der Waals surface area (Å²) in [6.07, 6.45) is 5.44. The van der Waals surface area contributed by atoms with Crippen molar-refractivity contribution in [3.63, 3.8) is 0 Å². The summed E-state index contributed by atoms with van der Waals surface area (Å²) in [5.41, 5.74) is 0. The second-order valence-corrected chi connectivity index (χ2v) is 5.74. The lowest BCUT2D eigenvalue weighted by molar-refractivity contribution is 0.0407. The Balaban J connectivity index is 1.44. The molecule has 4 aliphatic heterocycles. The molecule has 0 aromatic heterocycles. The van der Waals surface area contributed by atoms with Gasteiger partial charge in [0.2, 0.25) is 0 Å².